The Bertz CT molecular complexity index is 645. The van der Waals surface area contributed by atoms with E-state index in [0.717, 1.165) is 16.8 Å². The Morgan fingerprint density at radius 3 is 2.43 bits per heavy atom. The van der Waals surface area contributed by atoms with Gasteiger partial charge in [-0.15, -0.1) is 0 Å². The molecule has 0 heterocycles. The summed E-state index contributed by atoms with van der Waals surface area (Å²) >= 11 is 5.83. The van der Waals surface area contributed by atoms with Crippen molar-refractivity contribution in [2.45, 2.75) is 19.8 Å². The molecule has 0 radical (unpaired) electrons. The first-order valence-electron chi connectivity index (χ1n) is 6.90. The van der Waals surface area contributed by atoms with Crippen LogP contribution < -0.4 is 5.32 Å². The van der Waals surface area contributed by atoms with Gasteiger partial charge in [0.05, 0.1) is 0 Å². The molecule has 2 aromatic rings. The molecular formula is C18H18ClNO. The fourth-order valence-corrected chi connectivity index (χ4v) is 2.16. The van der Waals surface area contributed by atoms with Gasteiger partial charge in [-0.1, -0.05) is 55.8 Å². The van der Waals surface area contributed by atoms with Crippen molar-refractivity contribution in [1.29, 1.82) is 0 Å². The number of hydrogen-bond donors (Lipinski definition) is 1. The monoisotopic (exact) mass is 299 g/mol. The average Bonchev–Trinajstić information content (AvgIpc) is 2.47. The summed E-state index contributed by atoms with van der Waals surface area (Å²) in [6, 6.07) is 15.2. The molecule has 0 saturated carbocycles. The van der Waals surface area contributed by atoms with E-state index < -0.39 is 0 Å². The van der Waals surface area contributed by atoms with Crippen LogP contribution in [-0.2, 0) is 4.79 Å². The van der Waals surface area contributed by atoms with Gasteiger partial charge in [-0.25, -0.2) is 0 Å². The first kappa shape index (κ1) is 15.3. The molecule has 0 aliphatic carbocycles. The molecule has 0 spiro atoms. The van der Waals surface area contributed by atoms with E-state index in [1.54, 1.807) is 18.2 Å². The highest BCUT2D eigenvalue weighted by atomic mass is 35.5. The molecule has 2 aromatic carbocycles. The number of carbonyl (C=O) groups excluding carboxylic acids is 1. The maximum absolute atomic E-state index is 12.0. The maximum Gasteiger partial charge on any atom is 0.248 e. The highest BCUT2D eigenvalue weighted by Crippen LogP contribution is 2.23. The lowest BCUT2D eigenvalue weighted by Crippen LogP contribution is -2.10. The minimum Gasteiger partial charge on any atom is -0.322 e. The third-order valence-corrected chi connectivity index (χ3v) is 3.39. The van der Waals surface area contributed by atoms with E-state index in [-0.39, 0.29) is 5.91 Å². The normalized spacial score (nSPS) is 11.0. The summed E-state index contributed by atoms with van der Waals surface area (Å²) in [7, 11) is 0. The van der Waals surface area contributed by atoms with Gasteiger partial charge in [0.2, 0.25) is 5.91 Å². The van der Waals surface area contributed by atoms with E-state index in [1.165, 1.54) is 6.08 Å². The quantitative estimate of drug-likeness (QED) is 0.780. The molecule has 0 aromatic heterocycles. The number of carbonyl (C=O) groups is 1. The summed E-state index contributed by atoms with van der Waals surface area (Å²) in [5.74, 6) is 0.222. The van der Waals surface area contributed by atoms with Crippen molar-refractivity contribution in [1.82, 2.24) is 0 Å². The van der Waals surface area contributed by atoms with Crippen molar-refractivity contribution in [2.24, 2.45) is 0 Å². The zero-order valence-electron chi connectivity index (χ0n) is 12.1. The van der Waals surface area contributed by atoms with Crippen LogP contribution in [0.3, 0.4) is 0 Å². The van der Waals surface area contributed by atoms with Gasteiger partial charge >= 0.3 is 0 Å². The predicted molar refractivity (Wildman–Crippen MR) is 89.6 cm³/mol. The SMILES string of the molecule is CC(C)c1ccccc1NC(=O)C=Cc1ccc(Cl)cc1. The van der Waals surface area contributed by atoms with Crippen molar-refractivity contribution >= 4 is 29.3 Å². The summed E-state index contributed by atoms with van der Waals surface area (Å²) in [5.41, 5.74) is 2.93. The summed E-state index contributed by atoms with van der Waals surface area (Å²) < 4.78 is 0. The van der Waals surface area contributed by atoms with Gasteiger partial charge in [-0.05, 0) is 41.3 Å². The zero-order valence-corrected chi connectivity index (χ0v) is 12.9. The Labute approximate surface area is 130 Å². The molecule has 0 unspecified atom stereocenters. The Hall–Kier alpha value is -2.06. The molecular weight excluding hydrogens is 282 g/mol. The fourth-order valence-electron chi connectivity index (χ4n) is 2.03. The van der Waals surface area contributed by atoms with E-state index in [4.69, 9.17) is 11.6 Å². The molecule has 0 aliphatic rings. The molecule has 0 bridgehead atoms. The molecule has 2 rings (SSSR count). The van der Waals surface area contributed by atoms with E-state index in [0.29, 0.717) is 10.9 Å². The largest absolute Gasteiger partial charge is 0.322 e. The van der Waals surface area contributed by atoms with Crippen LogP contribution >= 0.6 is 11.6 Å². The Balaban J connectivity index is 2.07. The summed E-state index contributed by atoms with van der Waals surface area (Å²) in [6.07, 6.45) is 3.30. The van der Waals surface area contributed by atoms with Gasteiger partial charge in [0.15, 0.2) is 0 Å². The standard InChI is InChI=1S/C18H18ClNO/c1-13(2)16-5-3-4-6-17(16)20-18(21)12-9-14-7-10-15(19)11-8-14/h3-13H,1-2H3,(H,20,21). The summed E-state index contributed by atoms with van der Waals surface area (Å²) in [6.45, 7) is 4.21. The van der Waals surface area contributed by atoms with Crippen LogP contribution in [0.2, 0.25) is 5.02 Å². The second-order valence-corrected chi connectivity index (χ2v) is 5.55. The van der Waals surface area contributed by atoms with Gasteiger partial charge in [0.1, 0.15) is 0 Å². The van der Waals surface area contributed by atoms with Crippen molar-refractivity contribution < 1.29 is 4.79 Å². The maximum atomic E-state index is 12.0. The Morgan fingerprint density at radius 2 is 1.76 bits per heavy atom. The molecule has 0 fully saturated rings. The minimum absolute atomic E-state index is 0.141. The number of rotatable bonds is 4. The van der Waals surface area contributed by atoms with Crippen molar-refractivity contribution in [3.05, 3.63) is 70.8 Å². The van der Waals surface area contributed by atoms with Crippen LogP contribution in [0.5, 0.6) is 0 Å². The van der Waals surface area contributed by atoms with Crippen LogP contribution in [0.4, 0.5) is 5.69 Å². The first-order chi connectivity index (χ1) is 10.1. The van der Waals surface area contributed by atoms with Gasteiger partial charge in [-0.2, -0.15) is 0 Å². The van der Waals surface area contributed by atoms with Crippen LogP contribution in [-0.4, -0.2) is 5.91 Å². The molecule has 2 nitrogen and oxygen atoms in total. The van der Waals surface area contributed by atoms with E-state index in [2.05, 4.69) is 19.2 Å². The molecule has 0 aliphatic heterocycles. The van der Waals surface area contributed by atoms with Crippen LogP contribution in [0.25, 0.3) is 6.08 Å². The molecule has 1 amide bonds. The van der Waals surface area contributed by atoms with Crippen LogP contribution in [0, 0.1) is 0 Å². The number of hydrogen-bond acceptors (Lipinski definition) is 1. The zero-order chi connectivity index (χ0) is 15.2. The lowest BCUT2D eigenvalue weighted by Gasteiger charge is -2.12. The number of anilines is 1. The average molecular weight is 300 g/mol. The minimum atomic E-state index is -0.141. The smallest absolute Gasteiger partial charge is 0.248 e. The second kappa shape index (κ2) is 7.09. The van der Waals surface area contributed by atoms with E-state index in [1.807, 2.05) is 36.4 Å². The molecule has 0 saturated heterocycles. The third-order valence-electron chi connectivity index (χ3n) is 3.14. The highest BCUT2D eigenvalue weighted by Gasteiger charge is 2.07. The number of para-hydroxylation sites is 1. The van der Waals surface area contributed by atoms with Gasteiger partial charge in [0, 0.05) is 16.8 Å². The van der Waals surface area contributed by atoms with Gasteiger partial charge in [-0.3, -0.25) is 4.79 Å². The van der Waals surface area contributed by atoms with Gasteiger partial charge < -0.3 is 5.32 Å². The fraction of sp³-hybridized carbons (Fsp3) is 0.167. The molecule has 0 atom stereocenters. The Kier molecular flexibility index (Phi) is 5.18. The number of amides is 1. The van der Waals surface area contributed by atoms with E-state index in [9.17, 15) is 4.79 Å². The van der Waals surface area contributed by atoms with Crippen LogP contribution in [0.15, 0.2) is 54.6 Å². The van der Waals surface area contributed by atoms with Gasteiger partial charge in [0.25, 0.3) is 0 Å². The second-order valence-electron chi connectivity index (χ2n) is 5.12. The topological polar surface area (TPSA) is 29.1 Å². The number of benzene rings is 2. The molecule has 108 valence electrons. The van der Waals surface area contributed by atoms with Crippen LogP contribution in [0.1, 0.15) is 30.9 Å². The number of halogens is 1. The highest BCUT2D eigenvalue weighted by molar-refractivity contribution is 6.30. The predicted octanol–water partition coefficient (Wildman–Crippen LogP) is 5.12. The molecule has 3 heteroatoms. The van der Waals surface area contributed by atoms with Crippen molar-refractivity contribution in [2.75, 3.05) is 5.32 Å². The van der Waals surface area contributed by atoms with E-state index >= 15 is 0 Å². The number of nitrogens with one attached hydrogen (secondary N) is 1. The van der Waals surface area contributed by atoms with Crippen molar-refractivity contribution in [3.63, 3.8) is 0 Å². The molecule has 21 heavy (non-hydrogen) atoms. The molecule has 1 N–H and O–H groups in total. The lowest BCUT2D eigenvalue weighted by atomic mass is 10.0. The van der Waals surface area contributed by atoms with Crippen molar-refractivity contribution in [3.8, 4) is 0 Å². The third kappa shape index (κ3) is 4.47. The lowest BCUT2D eigenvalue weighted by molar-refractivity contribution is -0.111. The summed E-state index contributed by atoms with van der Waals surface area (Å²) in [5, 5.41) is 3.60. The Morgan fingerprint density at radius 1 is 1.10 bits per heavy atom. The summed E-state index contributed by atoms with van der Waals surface area (Å²) in [4.78, 5) is 12.0. The first-order valence-corrected chi connectivity index (χ1v) is 7.27.